The van der Waals surface area contributed by atoms with Gasteiger partial charge in [-0.15, -0.1) is 11.6 Å². The van der Waals surface area contributed by atoms with Crippen LogP contribution in [0.25, 0.3) is 5.57 Å². The van der Waals surface area contributed by atoms with Gasteiger partial charge in [-0.05, 0) is 35.4 Å². The molecule has 0 aliphatic heterocycles. The molecule has 4 nitrogen and oxygen atoms in total. The first-order valence-electron chi connectivity index (χ1n) is 9.53. The number of hydrogen-bond donors (Lipinski definition) is 0. The summed E-state index contributed by atoms with van der Waals surface area (Å²) in [5.41, 5.74) is 2.64. The van der Waals surface area contributed by atoms with Gasteiger partial charge in [-0.25, -0.2) is 4.98 Å². The highest BCUT2D eigenvalue weighted by Gasteiger charge is 2.46. The summed E-state index contributed by atoms with van der Waals surface area (Å²) in [4.78, 5) is 16.1. The van der Waals surface area contributed by atoms with Gasteiger partial charge in [0.1, 0.15) is 0 Å². The standard InChI is InChI=1S/C24H19Cl3N2O2/c1-29-13-16(25)12-21(29)24(20-10-9-15(14-30)23(28-20)31-2)11-5-7-18(22(24)27)17-6-3-4-8-19(17)26/h3-14,22H,1-2H3. The second kappa shape index (κ2) is 8.54. The number of halogens is 3. The fourth-order valence-corrected chi connectivity index (χ4v) is 5.05. The summed E-state index contributed by atoms with van der Waals surface area (Å²) in [7, 11) is 3.39. The van der Waals surface area contributed by atoms with Crippen molar-refractivity contribution in [1.82, 2.24) is 9.55 Å². The van der Waals surface area contributed by atoms with Gasteiger partial charge < -0.3 is 9.30 Å². The summed E-state index contributed by atoms with van der Waals surface area (Å²) in [6.07, 6.45) is 8.43. The Bertz CT molecular complexity index is 1220. The zero-order chi connectivity index (χ0) is 22.2. The van der Waals surface area contributed by atoms with E-state index in [0.717, 1.165) is 16.8 Å². The van der Waals surface area contributed by atoms with Crippen LogP contribution in [0.4, 0.5) is 0 Å². The van der Waals surface area contributed by atoms with E-state index in [1.807, 2.05) is 66.4 Å². The third-order valence-electron chi connectivity index (χ3n) is 5.52. The van der Waals surface area contributed by atoms with E-state index in [4.69, 9.17) is 39.5 Å². The topological polar surface area (TPSA) is 44.1 Å². The summed E-state index contributed by atoms with van der Waals surface area (Å²) in [6.45, 7) is 0. The SMILES string of the molecule is COc1nc(C2(c3cc(Cl)cn3C)C=CC=C(c3ccccc3Cl)C2Cl)ccc1C=O. The maximum atomic E-state index is 11.4. The first-order valence-corrected chi connectivity index (χ1v) is 10.7. The number of aryl methyl sites for hydroxylation is 1. The van der Waals surface area contributed by atoms with Crippen LogP contribution in [0.15, 0.2) is 66.9 Å². The summed E-state index contributed by atoms with van der Waals surface area (Å²) < 4.78 is 7.30. The van der Waals surface area contributed by atoms with Gasteiger partial charge in [-0.2, -0.15) is 0 Å². The molecule has 4 rings (SSSR count). The number of nitrogens with zero attached hydrogens (tertiary/aromatic N) is 2. The molecule has 2 aromatic heterocycles. The molecule has 2 unspecified atom stereocenters. The molecule has 3 aromatic rings. The average Bonchev–Trinajstić information content (AvgIpc) is 3.12. The van der Waals surface area contributed by atoms with Crippen LogP contribution in [-0.4, -0.2) is 28.3 Å². The summed E-state index contributed by atoms with van der Waals surface area (Å²) in [6, 6.07) is 12.9. The molecule has 31 heavy (non-hydrogen) atoms. The Kier molecular flexibility index (Phi) is 5.98. The summed E-state index contributed by atoms with van der Waals surface area (Å²) in [5, 5.41) is 0.621. The molecule has 2 atom stereocenters. The largest absolute Gasteiger partial charge is 0.480 e. The van der Waals surface area contributed by atoms with Gasteiger partial charge in [-0.3, -0.25) is 4.79 Å². The van der Waals surface area contributed by atoms with Crippen LogP contribution in [0.3, 0.4) is 0 Å². The van der Waals surface area contributed by atoms with Gasteiger partial charge >= 0.3 is 0 Å². The van der Waals surface area contributed by atoms with Gasteiger partial charge in [0, 0.05) is 24.0 Å². The number of methoxy groups -OCH3 is 1. The van der Waals surface area contributed by atoms with Crippen molar-refractivity contribution in [3.05, 3.63) is 99.4 Å². The molecule has 1 aromatic carbocycles. The van der Waals surface area contributed by atoms with E-state index in [2.05, 4.69) is 4.98 Å². The monoisotopic (exact) mass is 472 g/mol. The first-order chi connectivity index (χ1) is 14.9. The zero-order valence-electron chi connectivity index (χ0n) is 16.9. The Morgan fingerprint density at radius 1 is 1.19 bits per heavy atom. The Labute approximate surface area is 195 Å². The maximum absolute atomic E-state index is 11.4. The summed E-state index contributed by atoms with van der Waals surface area (Å²) >= 11 is 20.1. The van der Waals surface area contributed by atoms with Crippen LogP contribution in [0.5, 0.6) is 5.88 Å². The number of rotatable bonds is 5. The normalized spacial score (nSPS) is 20.4. The second-order valence-corrected chi connectivity index (χ2v) is 8.54. The number of aldehydes is 1. The number of carbonyl (C=O) groups excluding carboxylic acids is 1. The van der Waals surface area contributed by atoms with Gasteiger partial charge in [0.25, 0.3) is 0 Å². The number of benzene rings is 1. The molecular formula is C24H19Cl3N2O2. The van der Waals surface area contributed by atoms with Crippen molar-refractivity contribution in [3.63, 3.8) is 0 Å². The van der Waals surface area contributed by atoms with Gasteiger partial charge in [0.15, 0.2) is 6.29 Å². The molecule has 0 bridgehead atoms. The van der Waals surface area contributed by atoms with Crippen molar-refractivity contribution in [2.24, 2.45) is 7.05 Å². The third-order valence-corrected chi connectivity index (χ3v) is 6.64. The molecule has 1 aliphatic rings. The highest BCUT2D eigenvalue weighted by molar-refractivity contribution is 6.34. The van der Waals surface area contributed by atoms with Crippen molar-refractivity contribution >= 4 is 46.7 Å². The fraction of sp³-hybridized carbons (Fsp3) is 0.167. The molecular weight excluding hydrogens is 455 g/mol. The van der Waals surface area contributed by atoms with E-state index < -0.39 is 10.8 Å². The molecule has 0 amide bonds. The number of alkyl halides is 1. The molecule has 0 radical (unpaired) electrons. The number of hydrogen-bond acceptors (Lipinski definition) is 3. The van der Waals surface area contributed by atoms with Crippen molar-refractivity contribution in [2.75, 3.05) is 7.11 Å². The predicted molar refractivity (Wildman–Crippen MR) is 126 cm³/mol. The third kappa shape index (κ3) is 3.59. The van der Waals surface area contributed by atoms with Gasteiger partial charge in [-0.1, -0.05) is 59.6 Å². The molecule has 7 heteroatoms. The number of aromatic nitrogens is 2. The van der Waals surface area contributed by atoms with E-state index in [-0.39, 0.29) is 5.88 Å². The minimum absolute atomic E-state index is 0.235. The van der Waals surface area contributed by atoms with Gasteiger partial charge in [0.05, 0.1) is 34.2 Å². The number of allylic oxidation sites excluding steroid dienone is 4. The molecule has 158 valence electrons. The van der Waals surface area contributed by atoms with Crippen LogP contribution >= 0.6 is 34.8 Å². The second-order valence-electron chi connectivity index (χ2n) is 7.26. The molecule has 1 aliphatic carbocycles. The lowest BCUT2D eigenvalue weighted by Crippen LogP contribution is -2.40. The minimum atomic E-state index is -0.888. The van der Waals surface area contributed by atoms with Crippen LogP contribution in [0.2, 0.25) is 10.0 Å². The Morgan fingerprint density at radius 2 is 1.97 bits per heavy atom. The van der Waals surface area contributed by atoms with E-state index in [1.165, 1.54) is 7.11 Å². The smallest absolute Gasteiger partial charge is 0.224 e. The predicted octanol–water partition coefficient (Wildman–Crippen LogP) is 6.09. The van der Waals surface area contributed by atoms with Crippen molar-refractivity contribution in [2.45, 2.75) is 10.8 Å². The number of pyridine rings is 1. The van der Waals surface area contributed by atoms with Gasteiger partial charge in [0.2, 0.25) is 5.88 Å². The highest BCUT2D eigenvalue weighted by Crippen LogP contribution is 2.48. The highest BCUT2D eigenvalue weighted by atomic mass is 35.5. The summed E-state index contributed by atoms with van der Waals surface area (Å²) in [5.74, 6) is 0.235. The number of ether oxygens (including phenoxy) is 1. The molecule has 0 N–H and O–H groups in total. The van der Waals surface area contributed by atoms with E-state index in [1.54, 1.807) is 12.1 Å². The number of carbonyl (C=O) groups is 1. The van der Waals surface area contributed by atoms with Crippen LogP contribution in [-0.2, 0) is 12.5 Å². The average molecular weight is 474 g/mol. The lowest BCUT2D eigenvalue weighted by Gasteiger charge is -2.39. The molecule has 0 saturated carbocycles. The van der Waals surface area contributed by atoms with Crippen LogP contribution in [0.1, 0.15) is 27.3 Å². The Morgan fingerprint density at radius 3 is 2.61 bits per heavy atom. The molecule has 0 spiro atoms. The first kappa shape index (κ1) is 21.7. The lowest BCUT2D eigenvalue weighted by molar-refractivity contribution is 0.112. The van der Waals surface area contributed by atoms with Crippen molar-refractivity contribution < 1.29 is 9.53 Å². The van der Waals surface area contributed by atoms with E-state index in [0.29, 0.717) is 27.6 Å². The quantitative estimate of drug-likeness (QED) is 0.332. The Balaban J connectivity index is 1.98. The molecule has 0 fully saturated rings. The van der Waals surface area contributed by atoms with Crippen molar-refractivity contribution in [3.8, 4) is 5.88 Å². The molecule has 0 saturated heterocycles. The van der Waals surface area contributed by atoms with E-state index in [9.17, 15) is 4.79 Å². The zero-order valence-corrected chi connectivity index (χ0v) is 19.1. The minimum Gasteiger partial charge on any atom is -0.480 e. The Hall–Kier alpha value is -2.53. The fourth-order valence-electron chi connectivity index (χ4n) is 4.07. The van der Waals surface area contributed by atoms with Crippen molar-refractivity contribution in [1.29, 1.82) is 0 Å². The van der Waals surface area contributed by atoms with Crippen LogP contribution in [0, 0.1) is 0 Å². The maximum Gasteiger partial charge on any atom is 0.224 e. The van der Waals surface area contributed by atoms with E-state index >= 15 is 0 Å². The lowest BCUT2D eigenvalue weighted by atomic mass is 9.71. The molecule has 2 heterocycles. The van der Waals surface area contributed by atoms with Crippen LogP contribution < -0.4 is 4.74 Å².